The van der Waals surface area contributed by atoms with Crippen LogP contribution in [-0.4, -0.2) is 43.8 Å². The van der Waals surface area contributed by atoms with Gasteiger partial charge in [-0.15, -0.1) is 5.10 Å². The summed E-state index contributed by atoms with van der Waals surface area (Å²) >= 11 is 17.3. The van der Waals surface area contributed by atoms with Gasteiger partial charge in [0.2, 0.25) is 5.16 Å². The molecule has 0 saturated carbocycles. The van der Waals surface area contributed by atoms with Crippen molar-refractivity contribution in [3.05, 3.63) is 86.1 Å². The van der Waals surface area contributed by atoms with Gasteiger partial charge in [-0.2, -0.15) is 0 Å². The third-order valence-electron chi connectivity index (χ3n) is 5.81. The maximum Gasteiger partial charge on any atom is 0.261 e. The second-order valence-corrected chi connectivity index (χ2v) is 10.9. The maximum atomic E-state index is 13.1. The standard InChI is InChI=1S/C25H19BrCl2N4O2S/c26-20-9-8-19-22-17(20)4-3-5-18(22)23(33)32(24(19)34)10-1-2-11-35-25-29-14-31(30-25)13-15-6-7-16(27)12-21(15)28/h3-9,12,14H,1-2,10-11,13H2. The van der Waals surface area contributed by atoms with Crippen molar-refractivity contribution >= 4 is 73.5 Å². The van der Waals surface area contributed by atoms with Crippen molar-refractivity contribution in [3.8, 4) is 0 Å². The summed E-state index contributed by atoms with van der Waals surface area (Å²) in [5.41, 5.74) is 2.06. The molecule has 3 aromatic carbocycles. The van der Waals surface area contributed by atoms with Gasteiger partial charge in [0.15, 0.2) is 0 Å². The number of rotatable bonds is 8. The van der Waals surface area contributed by atoms with E-state index in [0.717, 1.165) is 33.0 Å². The van der Waals surface area contributed by atoms with E-state index in [-0.39, 0.29) is 11.8 Å². The van der Waals surface area contributed by atoms with Crippen molar-refractivity contribution in [3.63, 3.8) is 0 Å². The Balaban J connectivity index is 1.15. The van der Waals surface area contributed by atoms with Gasteiger partial charge in [-0.05, 0) is 54.1 Å². The van der Waals surface area contributed by atoms with Gasteiger partial charge in [-0.3, -0.25) is 14.5 Å². The van der Waals surface area contributed by atoms with Crippen LogP contribution in [0.3, 0.4) is 0 Å². The van der Waals surface area contributed by atoms with Crippen LogP contribution in [0.15, 0.2) is 64.5 Å². The highest BCUT2D eigenvalue weighted by Crippen LogP contribution is 2.34. The molecule has 10 heteroatoms. The number of halogens is 3. The lowest BCUT2D eigenvalue weighted by atomic mass is 9.94. The zero-order valence-corrected chi connectivity index (χ0v) is 22.3. The minimum Gasteiger partial charge on any atom is -0.274 e. The van der Waals surface area contributed by atoms with Crippen LogP contribution in [0.4, 0.5) is 0 Å². The maximum absolute atomic E-state index is 13.1. The van der Waals surface area contributed by atoms with Gasteiger partial charge in [0.1, 0.15) is 6.33 Å². The Kier molecular flexibility index (Phi) is 7.16. The molecule has 2 amide bonds. The number of amides is 2. The largest absolute Gasteiger partial charge is 0.274 e. The molecular formula is C25H19BrCl2N4O2S. The normalized spacial score (nSPS) is 13.2. The Hall–Kier alpha value is -2.39. The first kappa shape index (κ1) is 24.3. The number of imide groups is 1. The molecule has 178 valence electrons. The molecule has 0 atom stereocenters. The van der Waals surface area contributed by atoms with Gasteiger partial charge in [0.05, 0.1) is 6.54 Å². The van der Waals surface area contributed by atoms with E-state index < -0.39 is 0 Å². The lowest BCUT2D eigenvalue weighted by Gasteiger charge is -2.27. The Morgan fingerprint density at radius 2 is 1.77 bits per heavy atom. The highest BCUT2D eigenvalue weighted by molar-refractivity contribution is 9.10. The number of hydrogen-bond acceptors (Lipinski definition) is 5. The number of hydrogen-bond donors (Lipinski definition) is 0. The molecule has 0 fully saturated rings. The summed E-state index contributed by atoms with van der Waals surface area (Å²) < 4.78 is 2.61. The van der Waals surface area contributed by atoms with Gasteiger partial charge in [0, 0.05) is 43.3 Å². The van der Waals surface area contributed by atoms with E-state index in [1.54, 1.807) is 47.0 Å². The van der Waals surface area contributed by atoms with Crippen molar-refractivity contribution in [1.29, 1.82) is 0 Å². The van der Waals surface area contributed by atoms with Crippen molar-refractivity contribution in [2.24, 2.45) is 0 Å². The van der Waals surface area contributed by atoms with E-state index in [9.17, 15) is 9.59 Å². The number of nitrogens with zero attached hydrogens (tertiary/aromatic N) is 4. The van der Waals surface area contributed by atoms with Gasteiger partial charge in [0.25, 0.3) is 11.8 Å². The average Bonchev–Trinajstić information content (AvgIpc) is 3.29. The molecular weight excluding hydrogens is 571 g/mol. The highest BCUT2D eigenvalue weighted by Gasteiger charge is 2.32. The van der Waals surface area contributed by atoms with Crippen LogP contribution in [0.2, 0.25) is 10.0 Å². The molecule has 1 aliphatic heterocycles. The molecule has 5 rings (SSSR count). The number of benzene rings is 3. The Bertz CT molecular complexity index is 1440. The molecule has 0 unspecified atom stereocenters. The molecule has 0 spiro atoms. The van der Waals surface area contributed by atoms with Gasteiger partial charge < -0.3 is 0 Å². The zero-order valence-electron chi connectivity index (χ0n) is 18.4. The average molecular weight is 590 g/mol. The van der Waals surface area contributed by atoms with E-state index in [1.807, 2.05) is 24.3 Å². The zero-order chi connectivity index (χ0) is 24.5. The molecule has 4 aromatic rings. The predicted molar refractivity (Wildman–Crippen MR) is 143 cm³/mol. The Morgan fingerprint density at radius 3 is 2.57 bits per heavy atom. The summed E-state index contributed by atoms with van der Waals surface area (Å²) in [6.45, 7) is 0.884. The number of unbranched alkanes of at least 4 members (excludes halogenated alkanes) is 1. The van der Waals surface area contributed by atoms with Gasteiger partial charge in [-0.1, -0.05) is 69.1 Å². The van der Waals surface area contributed by atoms with Crippen LogP contribution in [-0.2, 0) is 6.54 Å². The van der Waals surface area contributed by atoms with Crippen LogP contribution in [0.5, 0.6) is 0 Å². The van der Waals surface area contributed by atoms with E-state index >= 15 is 0 Å². The smallest absolute Gasteiger partial charge is 0.261 e. The van der Waals surface area contributed by atoms with Crippen molar-refractivity contribution in [2.45, 2.75) is 24.5 Å². The number of aromatic nitrogens is 3. The van der Waals surface area contributed by atoms with Crippen molar-refractivity contribution in [2.75, 3.05) is 12.3 Å². The number of thioether (sulfide) groups is 1. The summed E-state index contributed by atoms with van der Waals surface area (Å²) in [5.74, 6) is 0.307. The second-order valence-electron chi connectivity index (χ2n) is 8.10. The summed E-state index contributed by atoms with van der Waals surface area (Å²) in [4.78, 5) is 31.8. The third-order valence-corrected chi connectivity index (χ3v) is 8.03. The molecule has 2 heterocycles. The van der Waals surface area contributed by atoms with Crippen LogP contribution in [0.1, 0.15) is 39.1 Å². The van der Waals surface area contributed by atoms with Crippen LogP contribution in [0.25, 0.3) is 10.8 Å². The summed E-state index contributed by atoms with van der Waals surface area (Å²) in [5, 5.41) is 7.95. The molecule has 35 heavy (non-hydrogen) atoms. The fourth-order valence-electron chi connectivity index (χ4n) is 4.09. The molecule has 0 aliphatic carbocycles. The van der Waals surface area contributed by atoms with E-state index in [4.69, 9.17) is 23.2 Å². The first-order valence-corrected chi connectivity index (χ1v) is 13.5. The van der Waals surface area contributed by atoms with Gasteiger partial charge in [-0.25, -0.2) is 9.67 Å². The lowest BCUT2D eigenvalue weighted by Crippen LogP contribution is -2.40. The monoisotopic (exact) mass is 588 g/mol. The summed E-state index contributed by atoms with van der Waals surface area (Å²) in [6, 6.07) is 14.6. The SMILES string of the molecule is O=C1c2cccc3c(Br)ccc(c23)C(=O)N1CCCCSc1ncn(Cc2ccc(Cl)cc2Cl)n1. The topological polar surface area (TPSA) is 68.1 Å². The van der Waals surface area contributed by atoms with E-state index in [0.29, 0.717) is 45.8 Å². The molecule has 0 radical (unpaired) electrons. The minimum absolute atomic E-state index is 0.236. The molecule has 0 N–H and O–H groups in total. The number of carbonyl (C=O) groups is 2. The first-order chi connectivity index (χ1) is 16.9. The van der Waals surface area contributed by atoms with Gasteiger partial charge >= 0.3 is 0 Å². The Labute approximate surface area is 224 Å². The van der Waals surface area contributed by atoms with E-state index in [2.05, 4.69) is 26.0 Å². The molecule has 1 aliphatic rings. The third kappa shape index (κ3) is 4.98. The second kappa shape index (κ2) is 10.3. The number of carbonyl (C=O) groups excluding carboxylic acids is 2. The molecule has 6 nitrogen and oxygen atoms in total. The molecule has 0 bridgehead atoms. The molecule has 1 aromatic heterocycles. The van der Waals surface area contributed by atoms with Crippen molar-refractivity contribution < 1.29 is 9.59 Å². The highest BCUT2D eigenvalue weighted by atomic mass is 79.9. The van der Waals surface area contributed by atoms with Crippen LogP contribution >= 0.6 is 50.9 Å². The fourth-order valence-corrected chi connectivity index (χ4v) is 5.84. The predicted octanol–water partition coefficient (Wildman–Crippen LogP) is 6.72. The first-order valence-electron chi connectivity index (χ1n) is 11.0. The minimum atomic E-state index is -0.236. The van der Waals surface area contributed by atoms with E-state index in [1.165, 1.54) is 4.90 Å². The fraction of sp³-hybridized carbons (Fsp3) is 0.200. The lowest BCUT2D eigenvalue weighted by molar-refractivity contribution is 0.0608. The Morgan fingerprint density at radius 1 is 0.971 bits per heavy atom. The van der Waals surface area contributed by atoms with Crippen LogP contribution in [0, 0.1) is 0 Å². The van der Waals surface area contributed by atoms with Crippen molar-refractivity contribution in [1.82, 2.24) is 19.7 Å². The quantitative estimate of drug-likeness (QED) is 0.130. The summed E-state index contributed by atoms with van der Waals surface area (Å²) in [6.07, 6.45) is 3.19. The summed E-state index contributed by atoms with van der Waals surface area (Å²) in [7, 11) is 0. The molecule has 0 saturated heterocycles. The van der Waals surface area contributed by atoms with Crippen LogP contribution < -0.4 is 0 Å².